The molecular weight excluding hydrogens is 434 g/mol. The molecule has 2 amide bonds. The van der Waals surface area contributed by atoms with Gasteiger partial charge in [0.1, 0.15) is 19.4 Å². The van der Waals surface area contributed by atoms with Gasteiger partial charge in [0.15, 0.2) is 11.2 Å². The highest BCUT2D eigenvalue weighted by Crippen LogP contribution is 2.21. The molecule has 1 aliphatic rings. The Morgan fingerprint density at radius 2 is 2.09 bits per heavy atom. The SMILES string of the molecule is CC(=O)OCCOCn1cnc2c(=O)[nH]c(NC(=O)[C@@H]3CCCN3C(=O)[C@@H](N)C(C)C)nc21. The number of hydrogen-bond donors (Lipinski definition) is 3. The summed E-state index contributed by atoms with van der Waals surface area (Å²) in [5.74, 6) is -1.26. The number of aromatic amines is 1. The lowest BCUT2D eigenvalue weighted by atomic mass is 10.0. The number of aromatic nitrogens is 4. The summed E-state index contributed by atoms with van der Waals surface area (Å²) in [6.07, 6.45) is 2.55. The molecule has 0 aromatic carbocycles. The zero-order valence-electron chi connectivity index (χ0n) is 18.9. The predicted molar refractivity (Wildman–Crippen MR) is 117 cm³/mol. The molecule has 0 aliphatic carbocycles. The van der Waals surface area contributed by atoms with Crippen LogP contribution in [0.25, 0.3) is 11.2 Å². The molecule has 2 aromatic rings. The number of amides is 2. The van der Waals surface area contributed by atoms with Crippen molar-refractivity contribution < 1.29 is 23.9 Å². The van der Waals surface area contributed by atoms with Crippen LogP contribution in [0.1, 0.15) is 33.6 Å². The maximum atomic E-state index is 12.9. The highest BCUT2D eigenvalue weighted by Gasteiger charge is 2.37. The van der Waals surface area contributed by atoms with Gasteiger partial charge >= 0.3 is 5.97 Å². The minimum absolute atomic E-state index is 0.0135. The quantitative estimate of drug-likeness (QED) is 0.329. The number of esters is 1. The molecule has 4 N–H and O–H groups in total. The van der Waals surface area contributed by atoms with Gasteiger partial charge in [-0.3, -0.25) is 34.0 Å². The van der Waals surface area contributed by atoms with Gasteiger partial charge in [0.05, 0.1) is 19.0 Å². The average molecular weight is 463 g/mol. The molecule has 0 spiro atoms. The van der Waals surface area contributed by atoms with E-state index < -0.39 is 29.5 Å². The van der Waals surface area contributed by atoms with Crippen molar-refractivity contribution in [3.63, 3.8) is 0 Å². The Morgan fingerprint density at radius 1 is 1.33 bits per heavy atom. The van der Waals surface area contributed by atoms with E-state index in [0.717, 1.165) is 0 Å². The number of imidazole rings is 1. The molecule has 2 aromatic heterocycles. The van der Waals surface area contributed by atoms with E-state index in [2.05, 4.69) is 20.3 Å². The van der Waals surface area contributed by atoms with Gasteiger partial charge in [0, 0.05) is 13.5 Å². The lowest BCUT2D eigenvalue weighted by Gasteiger charge is -2.27. The predicted octanol–water partition coefficient (Wildman–Crippen LogP) is -0.430. The molecule has 13 nitrogen and oxygen atoms in total. The summed E-state index contributed by atoms with van der Waals surface area (Å²) in [6.45, 7) is 5.69. The second-order valence-corrected chi connectivity index (χ2v) is 8.13. The molecule has 33 heavy (non-hydrogen) atoms. The first-order valence-electron chi connectivity index (χ1n) is 10.7. The van der Waals surface area contributed by atoms with E-state index in [1.54, 1.807) is 0 Å². The number of carbonyl (C=O) groups is 3. The molecule has 1 aliphatic heterocycles. The lowest BCUT2D eigenvalue weighted by molar-refractivity contribution is -0.143. The number of hydrogen-bond acceptors (Lipinski definition) is 9. The van der Waals surface area contributed by atoms with E-state index in [1.807, 2.05) is 13.8 Å². The number of likely N-dealkylation sites (tertiary alicyclic amines) is 1. The molecule has 0 radical (unpaired) electrons. The van der Waals surface area contributed by atoms with E-state index in [1.165, 1.54) is 22.7 Å². The fourth-order valence-corrected chi connectivity index (χ4v) is 3.49. The number of ether oxygens (including phenoxy) is 2. The second kappa shape index (κ2) is 10.5. The zero-order chi connectivity index (χ0) is 24.1. The zero-order valence-corrected chi connectivity index (χ0v) is 18.9. The molecule has 2 atom stereocenters. The Morgan fingerprint density at radius 3 is 2.79 bits per heavy atom. The van der Waals surface area contributed by atoms with Crippen molar-refractivity contribution in [3.05, 3.63) is 16.7 Å². The van der Waals surface area contributed by atoms with Crippen LogP contribution < -0.4 is 16.6 Å². The van der Waals surface area contributed by atoms with Crippen LogP contribution in [0.5, 0.6) is 0 Å². The van der Waals surface area contributed by atoms with Crippen LogP contribution in [0.4, 0.5) is 5.95 Å². The largest absolute Gasteiger partial charge is 0.463 e. The van der Waals surface area contributed by atoms with Crippen molar-refractivity contribution in [2.75, 3.05) is 25.1 Å². The Kier molecular flexibility index (Phi) is 7.76. The van der Waals surface area contributed by atoms with Gasteiger partial charge in [-0.15, -0.1) is 0 Å². The minimum Gasteiger partial charge on any atom is -0.463 e. The van der Waals surface area contributed by atoms with Crippen molar-refractivity contribution in [3.8, 4) is 0 Å². The summed E-state index contributed by atoms with van der Waals surface area (Å²) in [6, 6.07) is -1.39. The fraction of sp³-hybridized carbons (Fsp3) is 0.600. The van der Waals surface area contributed by atoms with Gasteiger partial charge in [0.2, 0.25) is 17.8 Å². The first-order chi connectivity index (χ1) is 15.7. The topological polar surface area (TPSA) is 175 Å². The third kappa shape index (κ3) is 5.73. The summed E-state index contributed by atoms with van der Waals surface area (Å²) in [5, 5.41) is 2.60. The molecule has 0 unspecified atom stereocenters. The number of rotatable bonds is 9. The Balaban J connectivity index is 1.70. The van der Waals surface area contributed by atoms with Crippen LogP contribution in [0, 0.1) is 5.92 Å². The van der Waals surface area contributed by atoms with E-state index in [9.17, 15) is 19.2 Å². The molecule has 0 saturated carbocycles. The molecule has 180 valence electrons. The average Bonchev–Trinajstić information content (AvgIpc) is 3.40. The number of fused-ring (bicyclic) bond motifs is 1. The van der Waals surface area contributed by atoms with Crippen molar-refractivity contribution in [2.45, 2.75) is 52.4 Å². The number of H-pyrrole nitrogens is 1. The van der Waals surface area contributed by atoms with Crippen LogP contribution in [-0.4, -0.2) is 74.0 Å². The highest BCUT2D eigenvalue weighted by molar-refractivity contribution is 5.97. The number of nitrogens with zero attached hydrogens (tertiary/aromatic N) is 4. The summed E-state index contributed by atoms with van der Waals surface area (Å²) >= 11 is 0. The van der Waals surface area contributed by atoms with Crippen LogP contribution in [0.2, 0.25) is 0 Å². The number of anilines is 1. The normalized spacial score (nSPS) is 16.9. The molecule has 1 saturated heterocycles. The third-order valence-corrected chi connectivity index (χ3v) is 5.32. The summed E-state index contributed by atoms with van der Waals surface area (Å²) in [7, 11) is 0. The van der Waals surface area contributed by atoms with Gasteiger partial charge < -0.3 is 20.1 Å². The van der Waals surface area contributed by atoms with Crippen molar-refractivity contribution in [1.82, 2.24) is 24.4 Å². The van der Waals surface area contributed by atoms with Crippen molar-refractivity contribution in [2.24, 2.45) is 11.7 Å². The molecule has 13 heteroatoms. The standard InChI is InChI=1S/C20H29N7O6/c1-11(2)14(21)19(31)27-6-4-5-13(27)17(29)24-20-23-16-15(18(30)25-20)22-9-26(16)10-32-7-8-33-12(3)28/h9,11,13-14H,4-8,10,21H2,1-3H3,(H2,23,24,25,29,30)/t13-,14-/m0/s1. The van der Waals surface area contributed by atoms with Crippen LogP contribution in [0.3, 0.4) is 0 Å². The van der Waals surface area contributed by atoms with E-state index in [-0.39, 0.29) is 48.9 Å². The van der Waals surface area contributed by atoms with Crippen molar-refractivity contribution in [1.29, 1.82) is 0 Å². The smallest absolute Gasteiger partial charge is 0.302 e. The lowest BCUT2D eigenvalue weighted by Crippen LogP contribution is -2.51. The minimum atomic E-state index is -0.696. The first-order valence-corrected chi connectivity index (χ1v) is 10.7. The van der Waals surface area contributed by atoms with Crippen LogP contribution in [0.15, 0.2) is 11.1 Å². The summed E-state index contributed by atoms with van der Waals surface area (Å²) < 4.78 is 11.7. The summed E-state index contributed by atoms with van der Waals surface area (Å²) in [5.41, 5.74) is 5.75. The van der Waals surface area contributed by atoms with E-state index in [0.29, 0.717) is 19.4 Å². The second-order valence-electron chi connectivity index (χ2n) is 8.13. The van der Waals surface area contributed by atoms with Crippen LogP contribution in [-0.2, 0) is 30.6 Å². The number of carbonyl (C=O) groups excluding carboxylic acids is 3. The Hall–Kier alpha value is -3.32. The molecule has 3 rings (SSSR count). The summed E-state index contributed by atoms with van der Waals surface area (Å²) in [4.78, 5) is 61.0. The van der Waals surface area contributed by atoms with Gasteiger partial charge in [-0.2, -0.15) is 4.98 Å². The monoisotopic (exact) mass is 463 g/mol. The highest BCUT2D eigenvalue weighted by atomic mass is 16.6. The van der Waals surface area contributed by atoms with Gasteiger partial charge in [-0.05, 0) is 18.8 Å². The molecular formula is C20H29N7O6. The molecule has 1 fully saturated rings. The van der Waals surface area contributed by atoms with Gasteiger partial charge in [0.25, 0.3) is 5.56 Å². The maximum absolute atomic E-state index is 12.9. The number of nitrogens with one attached hydrogen (secondary N) is 2. The third-order valence-electron chi connectivity index (χ3n) is 5.32. The molecule has 3 heterocycles. The van der Waals surface area contributed by atoms with E-state index in [4.69, 9.17) is 15.2 Å². The molecule has 0 bridgehead atoms. The fourth-order valence-electron chi connectivity index (χ4n) is 3.49. The first kappa shape index (κ1) is 24.3. The maximum Gasteiger partial charge on any atom is 0.302 e. The van der Waals surface area contributed by atoms with Crippen molar-refractivity contribution >= 4 is 34.9 Å². The van der Waals surface area contributed by atoms with E-state index >= 15 is 0 Å². The Bertz CT molecular complexity index is 1080. The van der Waals surface area contributed by atoms with Crippen LogP contribution >= 0.6 is 0 Å². The van der Waals surface area contributed by atoms with Gasteiger partial charge in [-0.25, -0.2) is 4.98 Å². The van der Waals surface area contributed by atoms with Gasteiger partial charge in [-0.1, -0.05) is 13.8 Å². The number of nitrogens with two attached hydrogens (primary N) is 1. The Labute approximate surface area is 189 Å².